The minimum atomic E-state index is -0.636. The third kappa shape index (κ3) is 5.20. The number of hydrogen-bond acceptors (Lipinski definition) is 3. The van der Waals surface area contributed by atoms with E-state index in [1.54, 1.807) is 37.5 Å². The molecule has 6 nitrogen and oxygen atoms in total. The number of primary amides is 1. The lowest BCUT2D eigenvalue weighted by molar-refractivity contribution is -0.111. The van der Waals surface area contributed by atoms with Crippen LogP contribution < -0.4 is 21.1 Å². The third-order valence-corrected chi connectivity index (χ3v) is 2.94. The molecule has 3 amide bonds. The third-order valence-electron chi connectivity index (χ3n) is 2.94. The summed E-state index contributed by atoms with van der Waals surface area (Å²) in [6.07, 6.45) is 3.13. The molecule has 0 radical (unpaired) electrons. The Kier molecular flexibility index (Phi) is 5.35. The van der Waals surface area contributed by atoms with E-state index in [-0.39, 0.29) is 5.91 Å². The van der Waals surface area contributed by atoms with Gasteiger partial charge in [-0.3, -0.25) is 4.79 Å². The number of nitrogens with one attached hydrogen (secondary N) is 2. The van der Waals surface area contributed by atoms with E-state index in [2.05, 4.69) is 10.6 Å². The molecule has 0 unspecified atom stereocenters. The molecule has 0 aliphatic carbocycles. The summed E-state index contributed by atoms with van der Waals surface area (Å²) < 4.78 is 5.12. The number of ether oxygens (including phenoxy) is 1. The Morgan fingerprint density at radius 2 is 1.70 bits per heavy atom. The summed E-state index contributed by atoms with van der Waals surface area (Å²) in [4.78, 5) is 22.6. The molecule has 4 N–H and O–H groups in total. The fraction of sp³-hybridized carbons (Fsp3) is 0.0588. The van der Waals surface area contributed by atoms with E-state index in [0.717, 1.165) is 11.3 Å². The molecule has 2 aromatic carbocycles. The Hall–Kier alpha value is -3.28. The molecule has 23 heavy (non-hydrogen) atoms. The van der Waals surface area contributed by atoms with Gasteiger partial charge >= 0.3 is 6.03 Å². The monoisotopic (exact) mass is 311 g/mol. The van der Waals surface area contributed by atoms with E-state index in [1.807, 2.05) is 24.3 Å². The molecule has 0 spiro atoms. The number of nitrogens with two attached hydrogens (primary N) is 1. The van der Waals surface area contributed by atoms with Crippen molar-refractivity contribution in [2.24, 2.45) is 5.73 Å². The Balaban J connectivity index is 1.96. The van der Waals surface area contributed by atoms with E-state index >= 15 is 0 Å². The molecule has 118 valence electrons. The van der Waals surface area contributed by atoms with Crippen LogP contribution in [0.2, 0.25) is 0 Å². The van der Waals surface area contributed by atoms with Crippen LogP contribution in [0.5, 0.6) is 5.75 Å². The second kappa shape index (κ2) is 7.65. The quantitative estimate of drug-likeness (QED) is 0.741. The van der Waals surface area contributed by atoms with E-state index in [9.17, 15) is 9.59 Å². The van der Waals surface area contributed by atoms with Gasteiger partial charge in [0.2, 0.25) is 5.91 Å². The average molecular weight is 311 g/mol. The zero-order valence-corrected chi connectivity index (χ0v) is 12.6. The number of methoxy groups -OCH3 is 1. The van der Waals surface area contributed by atoms with Crippen molar-refractivity contribution in [1.82, 2.24) is 0 Å². The predicted molar refractivity (Wildman–Crippen MR) is 90.3 cm³/mol. The normalized spacial score (nSPS) is 10.3. The van der Waals surface area contributed by atoms with Gasteiger partial charge in [0.15, 0.2) is 0 Å². The fourth-order valence-corrected chi connectivity index (χ4v) is 1.88. The molecule has 0 aromatic heterocycles. The van der Waals surface area contributed by atoms with Crippen LogP contribution in [-0.2, 0) is 4.79 Å². The maximum atomic E-state index is 11.9. The minimum Gasteiger partial charge on any atom is -0.497 e. The van der Waals surface area contributed by atoms with Crippen molar-refractivity contribution < 1.29 is 14.3 Å². The van der Waals surface area contributed by atoms with Crippen LogP contribution in [0.25, 0.3) is 6.08 Å². The second-order valence-corrected chi connectivity index (χ2v) is 4.67. The van der Waals surface area contributed by atoms with E-state index in [1.165, 1.54) is 6.08 Å². The van der Waals surface area contributed by atoms with Gasteiger partial charge in [-0.25, -0.2) is 4.79 Å². The summed E-state index contributed by atoms with van der Waals surface area (Å²) in [6.45, 7) is 0. The van der Waals surface area contributed by atoms with Gasteiger partial charge in [-0.1, -0.05) is 12.1 Å². The maximum absolute atomic E-state index is 11.9. The first-order valence-corrected chi connectivity index (χ1v) is 6.86. The maximum Gasteiger partial charge on any atom is 0.316 e. The smallest absolute Gasteiger partial charge is 0.316 e. The number of rotatable bonds is 5. The van der Waals surface area contributed by atoms with Crippen molar-refractivity contribution in [1.29, 1.82) is 0 Å². The fourth-order valence-electron chi connectivity index (χ4n) is 1.88. The van der Waals surface area contributed by atoms with Gasteiger partial charge in [-0.05, 0) is 48.0 Å². The van der Waals surface area contributed by atoms with Crippen LogP contribution in [0.3, 0.4) is 0 Å². The first kappa shape index (κ1) is 16.1. The zero-order chi connectivity index (χ0) is 16.7. The zero-order valence-electron chi connectivity index (χ0n) is 12.6. The van der Waals surface area contributed by atoms with Gasteiger partial charge in [0.05, 0.1) is 7.11 Å². The number of carbonyl (C=O) groups is 2. The Labute approximate surface area is 133 Å². The van der Waals surface area contributed by atoms with Crippen molar-refractivity contribution in [2.75, 3.05) is 17.7 Å². The number of amides is 3. The number of carbonyl (C=O) groups excluding carboxylic acids is 2. The molecule has 2 rings (SSSR count). The number of hydrogen-bond donors (Lipinski definition) is 3. The first-order valence-electron chi connectivity index (χ1n) is 6.86. The number of anilines is 2. The highest BCUT2D eigenvalue weighted by Crippen LogP contribution is 2.15. The summed E-state index contributed by atoms with van der Waals surface area (Å²) >= 11 is 0. The SMILES string of the molecule is COc1cccc(/C=C/C(=O)Nc2ccc(NC(N)=O)cc2)c1. The van der Waals surface area contributed by atoms with E-state index in [4.69, 9.17) is 10.5 Å². The Morgan fingerprint density at radius 1 is 1.04 bits per heavy atom. The summed E-state index contributed by atoms with van der Waals surface area (Å²) in [6, 6.07) is 13.4. The number of urea groups is 1. The standard InChI is InChI=1S/C17H17N3O3/c1-23-15-4-2-3-12(11-15)5-10-16(21)19-13-6-8-14(9-7-13)20-17(18)22/h2-11H,1H3,(H,19,21)(H3,18,20,22)/b10-5+. The topological polar surface area (TPSA) is 93.4 Å². The van der Waals surface area contributed by atoms with Crippen molar-refractivity contribution in [2.45, 2.75) is 0 Å². The van der Waals surface area contributed by atoms with Crippen LogP contribution in [0, 0.1) is 0 Å². The van der Waals surface area contributed by atoms with Crippen molar-refractivity contribution >= 4 is 29.4 Å². The van der Waals surface area contributed by atoms with Gasteiger partial charge in [0.25, 0.3) is 0 Å². The first-order chi connectivity index (χ1) is 11.1. The van der Waals surface area contributed by atoms with Crippen LogP contribution in [0.1, 0.15) is 5.56 Å². The average Bonchev–Trinajstić information content (AvgIpc) is 2.54. The summed E-state index contributed by atoms with van der Waals surface area (Å²) in [7, 11) is 1.59. The van der Waals surface area contributed by atoms with Crippen molar-refractivity contribution in [3.05, 3.63) is 60.2 Å². The largest absolute Gasteiger partial charge is 0.497 e. The summed E-state index contributed by atoms with van der Waals surface area (Å²) in [5.41, 5.74) is 7.05. The molecule has 0 saturated heterocycles. The molecular weight excluding hydrogens is 294 g/mol. The summed E-state index contributed by atoms with van der Waals surface area (Å²) in [5.74, 6) is 0.466. The lowest BCUT2D eigenvalue weighted by atomic mass is 10.2. The predicted octanol–water partition coefficient (Wildman–Crippen LogP) is 2.84. The lowest BCUT2D eigenvalue weighted by Crippen LogP contribution is -2.19. The van der Waals surface area contributed by atoms with Gasteiger partial charge < -0.3 is 21.1 Å². The molecule has 0 bridgehead atoms. The molecule has 0 aliphatic heterocycles. The molecule has 0 fully saturated rings. The Morgan fingerprint density at radius 3 is 2.30 bits per heavy atom. The molecule has 2 aromatic rings. The molecule has 0 atom stereocenters. The highest BCUT2D eigenvalue weighted by molar-refractivity contribution is 6.02. The molecule has 0 saturated carbocycles. The molecule has 6 heteroatoms. The number of benzene rings is 2. The molecule has 0 heterocycles. The highest BCUT2D eigenvalue weighted by atomic mass is 16.5. The molecule has 0 aliphatic rings. The van der Waals surface area contributed by atoms with Crippen molar-refractivity contribution in [3.63, 3.8) is 0 Å². The van der Waals surface area contributed by atoms with E-state index in [0.29, 0.717) is 11.4 Å². The Bertz CT molecular complexity index is 724. The van der Waals surface area contributed by atoms with Gasteiger partial charge in [0, 0.05) is 17.5 Å². The highest BCUT2D eigenvalue weighted by Gasteiger charge is 2.00. The van der Waals surface area contributed by atoms with Crippen molar-refractivity contribution in [3.8, 4) is 5.75 Å². The van der Waals surface area contributed by atoms with Crippen LogP contribution in [0.15, 0.2) is 54.6 Å². The summed E-state index contributed by atoms with van der Waals surface area (Å²) in [5, 5.41) is 5.16. The van der Waals surface area contributed by atoms with Crippen LogP contribution in [0.4, 0.5) is 16.2 Å². The van der Waals surface area contributed by atoms with Crippen LogP contribution >= 0.6 is 0 Å². The van der Waals surface area contributed by atoms with Gasteiger partial charge in [-0.15, -0.1) is 0 Å². The lowest BCUT2D eigenvalue weighted by Gasteiger charge is -2.05. The van der Waals surface area contributed by atoms with Gasteiger partial charge in [-0.2, -0.15) is 0 Å². The minimum absolute atomic E-state index is 0.261. The second-order valence-electron chi connectivity index (χ2n) is 4.67. The van der Waals surface area contributed by atoms with Gasteiger partial charge in [0.1, 0.15) is 5.75 Å². The van der Waals surface area contributed by atoms with E-state index < -0.39 is 6.03 Å². The molecular formula is C17H17N3O3. The van der Waals surface area contributed by atoms with Crippen LogP contribution in [-0.4, -0.2) is 19.0 Å².